The van der Waals surface area contributed by atoms with Crippen LogP contribution in [0.4, 0.5) is 0 Å². The summed E-state index contributed by atoms with van der Waals surface area (Å²) in [6.07, 6.45) is 1.46. The fraction of sp³-hybridized carbons (Fsp3) is 0.625. The fourth-order valence-electron chi connectivity index (χ4n) is 1.55. The summed E-state index contributed by atoms with van der Waals surface area (Å²) in [6.45, 7) is 3.07. The summed E-state index contributed by atoms with van der Waals surface area (Å²) in [6, 6.07) is 0. The number of nitrogens with zero attached hydrogens (tertiary/aromatic N) is 1. The molecule has 2 heterocycles. The lowest BCUT2D eigenvalue weighted by molar-refractivity contribution is 0.123. The zero-order valence-corrected chi connectivity index (χ0v) is 6.45. The third-order valence-corrected chi connectivity index (χ3v) is 2.19. The van der Waals surface area contributed by atoms with Crippen molar-refractivity contribution >= 4 is 6.21 Å². The molecule has 0 aromatic heterocycles. The van der Waals surface area contributed by atoms with E-state index >= 15 is 0 Å². The predicted molar refractivity (Wildman–Crippen MR) is 41.5 cm³/mol. The molecule has 0 amide bonds. The van der Waals surface area contributed by atoms with E-state index in [1.54, 1.807) is 0 Å². The van der Waals surface area contributed by atoms with Crippen LogP contribution in [0, 0.1) is 5.92 Å². The minimum Gasteiger partial charge on any atom is -0.494 e. The van der Waals surface area contributed by atoms with Gasteiger partial charge in [-0.1, -0.05) is 0 Å². The van der Waals surface area contributed by atoms with E-state index in [0.29, 0.717) is 13.2 Å². The number of rotatable bonds is 0. The van der Waals surface area contributed by atoms with Gasteiger partial charge in [0.15, 0.2) is 0 Å². The van der Waals surface area contributed by atoms with Gasteiger partial charge < -0.3 is 9.84 Å². The van der Waals surface area contributed by atoms with Gasteiger partial charge in [-0.25, -0.2) is 0 Å². The van der Waals surface area contributed by atoms with Gasteiger partial charge in [-0.3, -0.25) is 4.99 Å². The van der Waals surface area contributed by atoms with Gasteiger partial charge in [0.05, 0.1) is 18.6 Å². The van der Waals surface area contributed by atoms with Crippen molar-refractivity contribution < 1.29 is 9.84 Å². The maximum atomic E-state index is 9.41. The highest BCUT2D eigenvalue weighted by Gasteiger charge is 2.34. The maximum absolute atomic E-state index is 9.41. The Balaban J connectivity index is 2.32. The Hall–Kier alpha value is -0.830. The zero-order valence-electron chi connectivity index (χ0n) is 6.45. The number of hydrogen-bond donors (Lipinski definition) is 1. The molecule has 3 heteroatoms. The van der Waals surface area contributed by atoms with Crippen molar-refractivity contribution in [1.29, 1.82) is 0 Å². The molecule has 0 spiro atoms. The Morgan fingerprint density at radius 2 is 2.55 bits per heavy atom. The molecular formula is C8H11NO2. The van der Waals surface area contributed by atoms with Crippen molar-refractivity contribution in [3.63, 3.8) is 0 Å². The van der Waals surface area contributed by atoms with Crippen LogP contribution in [0.15, 0.2) is 16.3 Å². The molecule has 2 atom stereocenters. The lowest BCUT2D eigenvalue weighted by atomic mass is 9.99. The number of hydrogen-bond acceptors (Lipinski definition) is 3. The van der Waals surface area contributed by atoms with Gasteiger partial charge in [0.2, 0.25) is 0 Å². The molecule has 2 rings (SSSR count). The number of dihydropyridines is 1. The second-order valence-electron chi connectivity index (χ2n) is 3.03. The lowest BCUT2D eigenvalue weighted by Crippen LogP contribution is -2.22. The standard InChI is InChI=1S/C8H11NO2/c1-5-2-9-3-6-7(10)4-11-8(5)6/h2,6-7,10H,3-4H2,1H3. The summed E-state index contributed by atoms with van der Waals surface area (Å²) in [5, 5.41) is 9.41. The molecule has 2 unspecified atom stereocenters. The van der Waals surface area contributed by atoms with Crippen LogP contribution in [0.25, 0.3) is 0 Å². The van der Waals surface area contributed by atoms with Crippen LogP contribution in [0.5, 0.6) is 0 Å². The van der Waals surface area contributed by atoms with E-state index in [9.17, 15) is 5.11 Å². The quantitative estimate of drug-likeness (QED) is 0.545. The van der Waals surface area contributed by atoms with Crippen molar-refractivity contribution in [2.75, 3.05) is 13.2 Å². The molecule has 0 radical (unpaired) electrons. The predicted octanol–water partition coefficient (Wildman–Crippen LogP) is 0.352. The molecule has 0 aliphatic carbocycles. The lowest BCUT2D eigenvalue weighted by Gasteiger charge is -2.15. The average molecular weight is 153 g/mol. The monoisotopic (exact) mass is 153 g/mol. The smallest absolute Gasteiger partial charge is 0.114 e. The molecule has 0 aromatic rings. The van der Waals surface area contributed by atoms with Crippen LogP contribution in [-0.2, 0) is 4.74 Å². The molecule has 0 saturated carbocycles. The van der Waals surface area contributed by atoms with Gasteiger partial charge in [-0.05, 0) is 6.92 Å². The summed E-state index contributed by atoms with van der Waals surface area (Å²) >= 11 is 0. The van der Waals surface area contributed by atoms with Crippen molar-refractivity contribution in [3.05, 3.63) is 11.3 Å². The van der Waals surface area contributed by atoms with E-state index in [1.165, 1.54) is 0 Å². The molecule has 3 nitrogen and oxygen atoms in total. The molecule has 11 heavy (non-hydrogen) atoms. The molecule has 60 valence electrons. The second-order valence-corrected chi connectivity index (χ2v) is 3.03. The first-order chi connectivity index (χ1) is 5.29. The summed E-state index contributed by atoms with van der Waals surface area (Å²) in [5.74, 6) is 1.06. The molecule has 2 aliphatic rings. The summed E-state index contributed by atoms with van der Waals surface area (Å²) < 4.78 is 5.32. The van der Waals surface area contributed by atoms with E-state index in [0.717, 1.165) is 11.3 Å². The number of aliphatic hydroxyl groups is 1. The first kappa shape index (κ1) is 6.85. The Morgan fingerprint density at radius 3 is 3.27 bits per heavy atom. The Labute approximate surface area is 65.4 Å². The molecule has 1 N–H and O–H groups in total. The minimum atomic E-state index is -0.350. The number of allylic oxidation sites excluding steroid dienone is 1. The molecule has 0 bridgehead atoms. The van der Waals surface area contributed by atoms with Crippen molar-refractivity contribution in [2.45, 2.75) is 13.0 Å². The zero-order chi connectivity index (χ0) is 7.84. The molecule has 1 saturated heterocycles. The number of ether oxygens (including phenoxy) is 1. The van der Waals surface area contributed by atoms with Crippen LogP contribution in [0.2, 0.25) is 0 Å². The second kappa shape index (κ2) is 2.34. The van der Waals surface area contributed by atoms with Gasteiger partial charge >= 0.3 is 0 Å². The van der Waals surface area contributed by atoms with Crippen LogP contribution in [0.3, 0.4) is 0 Å². The van der Waals surface area contributed by atoms with E-state index in [4.69, 9.17) is 4.74 Å². The summed E-state index contributed by atoms with van der Waals surface area (Å²) in [4.78, 5) is 4.13. The minimum absolute atomic E-state index is 0.125. The number of fused-ring (bicyclic) bond motifs is 1. The molecular weight excluding hydrogens is 142 g/mol. The van der Waals surface area contributed by atoms with E-state index in [2.05, 4.69) is 4.99 Å². The van der Waals surface area contributed by atoms with E-state index in [-0.39, 0.29) is 12.0 Å². The first-order valence-corrected chi connectivity index (χ1v) is 3.80. The normalized spacial score (nSPS) is 35.5. The Morgan fingerprint density at radius 1 is 1.73 bits per heavy atom. The largest absolute Gasteiger partial charge is 0.494 e. The Kier molecular flexibility index (Phi) is 1.46. The van der Waals surface area contributed by atoms with Crippen LogP contribution >= 0.6 is 0 Å². The first-order valence-electron chi connectivity index (χ1n) is 3.80. The van der Waals surface area contributed by atoms with E-state index in [1.807, 2.05) is 13.1 Å². The highest BCUT2D eigenvalue weighted by molar-refractivity contribution is 5.79. The third-order valence-electron chi connectivity index (χ3n) is 2.19. The van der Waals surface area contributed by atoms with Crippen LogP contribution in [0.1, 0.15) is 6.92 Å². The van der Waals surface area contributed by atoms with Gasteiger partial charge in [-0.2, -0.15) is 0 Å². The number of aliphatic imine (C=N–C) groups is 1. The van der Waals surface area contributed by atoms with Crippen molar-refractivity contribution in [3.8, 4) is 0 Å². The average Bonchev–Trinajstić information content (AvgIpc) is 2.35. The molecule has 1 fully saturated rings. The highest BCUT2D eigenvalue weighted by Crippen LogP contribution is 2.29. The fourth-order valence-corrected chi connectivity index (χ4v) is 1.55. The topological polar surface area (TPSA) is 41.8 Å². The highest BCUT2D eigenvalue weighted by atomic mass is 16.5. The van der Waals surface area contributed by atoms with Crippen molar-refractivity contribution in [1.82, 2.24) is 0 Å². The number of aliphatic hydroxyl groups excluding tert-OH is 1. The summed E-state index contributed by atoms with van der Waals surface area (Å²) in [5.41, 5.74) is 1.05. The van der Waals surface area contributed by atoms with Crippen LogP contribution < -0.4 is 0 Å². The van der Waals surface area contributed by atoms with Gasteiger partial charge in [-0.15, -0.1) is 0 Å². The molecule has 2 aliphatic heterocycles. The van der Waals surface area contributed by atoms with Gasteiger partial charge in [0.25, 0.3) is 0 Å². The van der Waals surface area contributed by atoms with E-state index < -0.39 is 0 Å². The van der Waals surface area contributed by atoms with Gasteiger partial charge in [0.1, 0.15) is 12.4 Å². The van der Waals surface area contributed by atoms with Crippen LogP contribution in [-0.4, -0.2) is 30.6 Å². The third kappa shape index (κ3) is 0.959. The van der Waals surface area contributed by atoms with Crippen molar-refractivity contribution in [2.24, 2.45) is 10.9 Å². The molecule has 0 aromatic carbocycles. The SMILES string of the molecule is CC1=C2OCC(O)C2CN=C1. The maximum Gasteiger partial charge on any atom is 0.114 e. The Bertz CT molecular complexity index is 232. The van der Waals surface area contributed by atoms with Gasteiger partial charge in [0, 0.05) is 11.8 Å². The summed E-state index contributed by atoms with van der Waals surface area (Å²) in [7, 11) is 0.